The number of rotatable bonds is 12. The van der Waals surface area contributed by atoms with E-state index in [1.807, 2.05) is 55.5 Å². The quantitative estimate of drug-likeness (QED) is 0.205. The Labute approximate surface area is 228 Å². The Bertz CT molecular complexity index is 1170. The van der Waals surface area contributed by atoms with Crippen molar-refractivity contribution in [1.29, 1.82) is 0 Å². The summed E-state index contributed by atoms with van der Waals surface area (Å²) in [5, 5.41) is 26.6. The maximum Gasteiger partial charge on any atom is 0.513 e. The second-order valence-corrected chi connectivity index (χ2v) is 10.1. The van der Waals surface area contributed by atoms with E-state index >= 15 is 0 Å². The molecule has 10 heteroatoms. The van der Waals surface area contributed by atoms with Gasteiger partial charge in [0.1, 0.15) is 18.7 Å². The van der Waals surface area contributed by atoms with Gasteiger partial charge in [-0.2, -0.15) is 4.79 Å². The van der Waals surface area contributed by atoms with Crippen molar-refractivity contribution in [2.24, 2.45) is 5.73 Å². The molecule has 10 nitrogen and oxygen atoms in total. The lowest BCUT2D eigenvalue weighted by Crippen LogP contribution is -2.62. The van der Waals surface area contributed by atoms with Crippen molar-refractivity contribution in [3.63, 3.8) is 0 Å². The van der Waals surface area contributed by atoms with Gasteiger partial charge in [0, 0.05) is 18.9 Å². The minimum absolute atomic E-state index is 0.0963. The van der Waals surface area contributed by atoms with E-state index in [-0.39, 0.29) is 23.5 Å². The molecule has 39 heavy (non-hydrogen) atoms. The second-order valence-electron chi connectivity index (χ2n) is 10.1. The number of aliphatic hydroxyl groups is 1. The number of hydrogen-bond donors (Lipinski definition) is 5. The monoisotopic (exact) mass is 537 g/mol. The zero-order valence-corrected chi connectivity index (χ0v) is 22.0. The number of nitrogens with one attached hydrogen (secondary N) is 2. The minimum atomic E-state index is -1.28. The molecule has 0 bridgehead atoms. The Balaban J connectivity index is 1.79. The number of nitrogens with two attached hydrogens (primary N) is 1. The summed E-state index contributed by atoms with van der Waals surface area (Å²) in [6.07, 6.45) is 1.80. The first-order valence-corrected chi connectivity index (χ1v) is 13.1. The molecule has 2 aromatic carbocycles. The van der Waals surface area contributed by atoms with E-state index in [4.69, 9.17) is 5.73 Å². The summed E-state index contributed by atoms with van der Waals surface area (Å²) in [6.45, 7) is 2.13. The van der Waals surface area contributed by atoms with Crippen LogP contribution in [0.2, 0.25) is 0 Å². The van der Waals surface area contributed by atoms with Crippen molar-refractivity contribution < 1.29 is 33.9 Å². The zero-order chi connectivity index (χ0) is 28.4. The van der Waals surface area contributed by atoms with Gasteiger partial charge in [0.15, 0.2) is 0 Å². The third-order valence-electron chi connectivity index (χ3n) is 7.27. The van der Waals surface area contributed by atoms with Crippen LogP contribution in [0.3, 0.4) is 0 Å². The molecule has 1 aliphatic heterocycles. The smallest absolute Gasteiger partial charge is 0.435 e. The van der Waals surface area contributed by atoms with Crippen molar-refractivity contribution >= 4 is 29.9 Å². The molecule has 0 spiro atoms. The number of aliphatic hydroxyl groups excluding tert-OH is 1. The number of likely N-dealkylation sites (tertiary alicyclic amines) is 1. The predicted molar refractivity (Wildman–Crippen MR) is 146 cm³/mol. The van der Waals surface area contributed by atoms with E-state index in [9.17, 15) is 29.4 Å². The van der Waals surface area contributed by atoms with Crippen LogP contribution in [0.1, 0.15) is 37.3 Å². The van der Waals surface area contributed by atoms with Crippen LogP contribution in [0.15, 0.2) is 66.7 Å². The number of carbonyl (C=O) groups is 4. The van der Waals surface area contributed by atoms with Crippen LogP contribution < -0.4 is 16.4 Å². The van der Waals surface area contributed by atoms with E-state index < -0.39 is 48.4 Å². The minimum Gasteiger partial charge on any atom is -0.435 e. The van der Waals surface area contributed by atoms with Crippen LogP contribution in [0.25, 0.3) is 6.08 Å². The summed E-state index contributed by atoms with van der Waals surface area (Å²) in [5.74, 6) is -2.09. The number of nitrogens with zero attached hydrogens (tertiary/aromatic N) is 1. The molecular weight excluding hydrogens is 500 g/mol. The van der Waals surface area contributed by atoms with E-state index in [0.717, 1.165) is 24.0 Å². The van der Waals surface area contributed by atoms with Crippen molar-refractivity contribution in [2.75, 3.05) is 13.1 Å². The maximum atomic E-state index is 13.3. The SMILES string of the molecule is C[C@@H]1CCC[N+]1(C[C@@H](O)[C@H](Cc1ccccc1)NC(=O)[C@H](CC(N)=O)NC(=O)C=Cc1ccccc1)C(=O)O. The molecule has 1 heterocycles. The molecule has 5 atom stereocenters. The fourth-order valence-corrected chi connectivity index (χ4v) is 5.03. The Morgan fingerprint density at radius 1 is 1.05 bits per heavy atom. The van der Waals surface area contributed by atoms with Gasteiger partial charge in [-0.1, -0.05) is 60.7 Å². The van der Waals surface area contributed by atoms with Gasteiger partial charge in [-0.3, -0.25) is 14.4 Å². The number of carbonyl (C=O) groups excluding carboxylic acids is 3. The normalized spacial score (nSPS) is 21.1. The molecule has 1 saturated heterocycles. The lowest BCUT2D eigenvalue weighted by molar-refractivity contribution is -0.870. The van der Waals surface area contributed by atoms with E-state index in [1.165, 1.54) is 6.08 Å². The van der Waals surface area contributed by atoms with Crippen LogP contribution in [-0.2, 0) is 20.8 Å². The van der Waals surface area contributed by atoms with Gasteiger partial charge in [-0.15, -0.1) is 0 Å². The molecule has 3 rings (SSSR count). The van der Waals surface area contributed by atoms with Crippen LogP contribution in [-0.4, -0.2) is 75.8 Å². The molecule has 6 N–H and O–H groups in total. The van der Waals surface area contributed by atoms with Crippen LogP contribution in [0, 0.1) is 0 Å². The summed E-state index contributed by atoms with van der Waals surface area (Å²) in [5.41, 5.74) is 6.95. The number of hydrogen-bond acceptors (Lipinski definition) is 5. The highest BCUT2D eigenvalue weighted by molar-refractivity contribution is 5.97. The molecule has 1 unspecified atom stereocenters. The molecule has 208 valence electrons. The summed E-state index contributed by atoms with van der Waals surface area (Å²) in [7, 11) is 0. The first kappa shape index (κ1) is 29.5. The van der Waals surface area contributed by atoms with Gasteiger partial charge >= 0.3 is 6.09 Å². The molecule has 2 aromatic rings. The lowest BCUT2D eigenvalue weighted by atomic mass is 9.99. The second kappa shape index (κ2) is 13.7. The van der Waals surface area contributed by atoms with Crippen molar-refractivity contribution in [3.05, 3.63) is 77.9 Å². The summed E-state index contributed by atoms with van der Waals surface area (Å²) in [6, 6.07) is 15.9. The highest BCUT2D eigenvalue weighted by Crippen LogP contribution is 2.28. The Hall–Kier alpha value is -4.02. The highest BCUT2D eigenvalue weighted by atomic mass is 16.4. The summed E-state index contributed by atoms with van der Waals surface area (Å²) >= 11 is 0. The van der Waals surface area contributed by atoms with E-state index in [0.29, 0.717) is 6.54 Å². The molecule has 0 aliphatic carbocycles. The predicted octanol–water partition coefficient (Wildman–Crippen LogP) is 1.83. The number of quaternary nitrogens is 1. The first-order valence-electron chi connectivity index (χ1n) is 13.1. The highest BCUT2D eigenvalue weighted by Gasteiger charge is 2.48. The fraction of sp³-hybridized carbons (Fsp3) is 0.379. The topological polar surface area (TPSA) is 159 Å². The summed E-state index contributed by atoms with van der Waals surface area (Å²) < 4.78 is -0.298. The van der Waals surface area contributed by atoms with Crippen molar-refractivity contribution in [1.82, 2.24) is 10.6 Å². The molecule has 1 fully saturated rings. The third kappa shape index (κ3) is 8.23. The molecule has 4 amide bonds. The number of carboxylic acid groups (broad SMARTS) is 1. The van der Waals surface area contributed by atoms with E-state index in [1.54, 1.807) is 18.2 Å². The third-order valence-corrected chi connectivity index (χ3v) is 7.27. The number of amides is 4. The summed E-state index contributed by atoms with van der Waals surface area (Å²) in [4.78, 5) is 49.9. The van der Waals surface area contributed by atoms with Crippen molar-refractivity contribution in [2.45, 2.75) is 56.8 Å². The van der Waals surface area contributed by atoms with Crippen LogP contribution in [0.5, 0.6) is 0 Å². The van der Waals surface area contributed by atoms with E-state index in [2.05, 4.69) is 10.6 Å². The van der Waals surface area contributed by atoms with Gasteiger partial charge in [0.2, 0.25) is 17.7 Å². The van der Waals surface area contributed by atoms with Crippen LogP contribution >= 0.6 is 0 Å². The molecule has 1 aliphatic rings. The Kier molecular flexibility index (Phi) is 10.4. The lowest BCUT2D eigenvalue weighted by Gasteiger charge is -2.36. The first-order chi connectivity index (χ1) is 18.6. The van der Waals surface area contributed by atoms with Gasteiger partial charge < -0.3 is 26.6 Å². The Morgan fingerprint density at radius 3 is 2.26 bits per heavy atom. The average Bonchev–Trinajstić information content (AvgIpc) is 3.28. The standard InChI is InChI=1S/C29H36N4O6/c1-20-9-8-16-33(20,29(38)39)19-25(34)23(17-22-12-6-3-7-13-22)32-28(37)24(18-26(30)35)31-27(36)15-14-21-10-4-2-5-11-21/h2-7,10-15,20,23-25,34H,8-9,16-19H2,1H3,(H4-,30,31,32,35,36,37,38,39)/p+1/t20-,23+,24+,25-,33?/m1/s1. The van der Waals surface area contributed by atoms with Gasteiger partial charge in [0.05, 0.1) is 25.0 Å². The average molecular weight is 538 g/mol. The van der Waals surface area contributed by atoms with Gasteiger partial charge in [-0.05, 0) is 30.5 Å². The largest absolute Gasteiger partial charge is 0.513 e. The number of primary amides is 1. The fourth-order valence-electron chi connectivity index (χ4n) is 5.03. The van der Waals surface area contributed by atoms with Gasteiger partial charge in [-0.25, -0.2) is 4.48 Å². The number of benzene rings is 2. The van der Waals surface area contributed by atoms with Gasteiger partial charge in [0.25, 0.3) is 0 Å². The Morgan fingerprint density at radius 2 is 1.69 bits per heavy atom. The molecule has 0 radical (unpaired) electrons. The molecular formula is C29H37N4O6+. The van der Waals surface area contributed by atoms with Crippen LogP contribution in [0.4, 0.5) is 4.79 Å². The molecule has 0 aromatic heterocycles. The zero-order valence-electron chi connectivity index (χ0n) is 22.0. The molecule has 0 saturated carbocycles. The maximum absolute atomic E-state index is 13.3. The van der Waals surface area contributed by atoms with Crippen molar-refractivity contribution in [3.8, 4) is 0 Å².